The van der Waals surface area contributed by atoms with Crippen molar-refractivity contribution in [2.45, 2.75) is 19.9 Å². The Hall–Kier alpha value is -2.70. The largest absolute Gasteiger partial charge is 0.399 e. The van der Waals surface area contributed by atoms with Crippen LogP contribution in [0.3, 0.4) is 0 Å². The Bertz CT molecular complexity index is 737. The number of tetrazole rings is 1. The Kier molecular flexibility index (Phi) is 3.63. The van der Waals surface area contributed by atoms with Gasteiger partial charge in [-0.05, 0) is 46.7 Å². The van der Waals surface area contributed by atoms with Crippen LogP contribution in [-0.2, 0) is 6.54 Å². The summed E-state index contributed by atoms with van der Waals surface area (Å²) in [5, 5.41) is 15.8. The van der Waals surface area contributed by atoms with Gasteiger partial charge in [0.2, 0.25) is 0 Å². The van der Waals surface area contributed by atoms with Crippen LogP contribution in [-0.4, -0.2) is 31.8 Å². The molecule has 0 saturated heterocycles. The number of fused-ring (bicyclic) bond motifs is 1. The highest BCUT2D eigenvalue weighted by Gasteiger charge is 2.10. The summed E-state index contributed by atoms with van der Waals surface area (Å²) in [5.41, 5.74) is 8.41. The second-order valence-electron chi connectivity index (χ2n) is 4.88. The number of nitrogen functional groups attached to an aromatic ring is 1. The van der Waals surface area contributed by atoms with Crippen LogP contribution in [0.15, 0.2) is 36.4 Å². The highest BCUT2D eigenvalue weighted by Crippen LogP contribution is 2.16. The number of aromatic nitrogens is 5. The molecule has 2 N–H and O–H groups in total. The third-order valence-corrected chi connectivity index (χ3v) is 3.20. The van der Waals surface area contributed by atoms with Crippen LogP contribution in [0.2, 0.25) is 0 Å². The van der Waals surface area contributed by atoms with E-state index in [2.05, 4.69) is 38.5 Å². The molecule has 0 aliphatic carbocycles. The maximum absolute atomic E-state index is 5.84. The lowest BCUT2D eigenvalue weighted by Crippen LogP contribution is -2.25. The monoisotopic (exact) mass is 283 g/mol. The van der Waals surface area contributed by atoms with Crippen LogP contribution >= 0.6 is 0 Å². The third kappa shape index (κ3) is 2.91. The summed E-state index contributed by atoms with van der Waals surface area (Å²) in [5.74, 6) is 0.846. The van der Waals surface area contributed by atoms with Gasteiger partial charge in [-0.3, -0.25) is 0 Å². The molecule has 7 heteroatoms. The summed E-state index contributed by atoms with van der Waals surface area (Å²) in [4.78, 5) is 2.19. The summed E-state index contributed by atoms with van der Waals surface area (Å²) in [6, 6.07) is 11.7. The number of nitrogens with zero attached hydrogens (tertiary/aromatic N) is 6. The molecule has 0 fully saturated rings. The third-order valence-electron chi connectivity index (χ3n) is 3.20. The topological polar surface area (TPSA) is 85.2 Å². The molecule has 2 heterocycles. The van der Waals surface area contributed by atoms with E-state index >= 15 is 0 Å². The van der Waals surface area contributed by atoms with Gasteiger partial charge in [-0.25, -0.2) is 0 Å². The molecule has 0 aliphatic heterocycles. The lowest BCUT2D eigenvalue weighted by molar-refractivity contribution is 0.694. The lowest BCUT2D eigenvalue weighted by atomic mass is 10.2. The zero-order valence-corrected chi connectivity index (χ0v) is 11.8. The molecule has 21 heavy (non-hydrogen) atoms. The van der Waals surface area contributed by atoms with Crippen molar-refractivity contribution in [2.24, 2.45) is 0 Å². The summed E-state index contributed by atoms with van der Waals surface area (Å²) in [6.45, 7) is 3.79. The maximum atomic E-state index is 5.84. The molecule has 108 valence electrons. The van der Waals surface area contributed by atoms with E-state index in [9.17, 15) is 0 Å². The summed E-state index contributed by atoms with van der Waals surface area (Å²) < 4.78 is 1.44. The van der Waals surface area contributed by atoms with Gasteiger partial charge in [0.15, 0.2) is 11.5 Å². The molecule has 0 radical (unpaired) electrons. The van der Waals surface area contributed by atoms with E-state index in [4.69, 9.17) is 5.73 Å². The number of rotatable bonds is 5. The molecule has 1 aromatic carbocycles. The van der Waals surface area contributed by atoms with Crippen LogP contribution in [0, 0.1) is 0 Å². The van der Waals surface area contributed by atoms with Gasteiger partial charge in [0.1, 0.15) is 0 Å². The van der Waals surface area contributed by atoms with Crippen molar-refractivity contribution >= 4 is 17.2 Å². The fraction of sp³-hybridized carbons (Fsp3) is 0.286. The van der Waals surface area contributed by atoms with Crippen molar-refractivity contribution in [3.8, 4) is 0 Å². The molecule has 0 amide bonds. The van der Waals surface area contributed by atoms with E-state index in [-0.39, 0.29) is 0 Å². The first-order valence-electron chi connectivity index (χ1n) is 6.91. The van der Waals surface area contributed by atoms with Gasteiger partial charge >= 0.3 is 0 Å². The Morgan fingerprint density at radius 3 is 2.95 bits per heavy atom. The van der Waals surface area contributed by atoms with Crippen molar-refractivity contribution in [1.82, 2.24) is 25.3 Å². The Morgan fingerprint density at radius 1 is 1.24 bits per heavy atom. The Balaban J connectivity index is 1.89. The van der Waals surface area contributed by atoms with Crippen molar-refractivity contribution < 1.29 is 0 Å². The zero-order chi connectivity index (χ0) is 14.7. The van der Waals surface area contributed by atoms with Gasteiger partial charge in [0.05, 0.1) is 0 Å². The molecule has 0 saturated carbocycles. The number of anilines is 2. The van der Waals surface area contributed by atoms with Crippen LogP contribution in [0.25, 0.3) is 5.65 Å². The number of nitrogens with two attached hydrogens (primary N) is 1. The minimum atomic E-state index is 0.638. The predicted molar refractivity (Wildman–Crippen MR) is 80.8 cm³/mol. The Labute approximate surface area is 122 Å². The van der Waals surface area contributed by atoms with Crippen LogP contribution < -0.4 is 10.6 Å². The molecule has 0 atom stereocenters. The van der Waals surface area contributed by atoms with Crippen LogP contribution in [0.1, 0.15) is 18.9 Å². The van der Waals surface area contributed by atoms with Gasteiger partial charge in [0.25, 0.3) is 0 Å². The van der Waals surface area contributed by atoms with Gasteiger partial charge in [-0.15, -0.1) is 14.8 Å². The van der Waals surface area contributed by atoms with E-state index in [0.717, 1.165) is 36.6 Å². The molecular formula is C14H17N7. The van der Waals surface area contributed by atoms with E-state index in [1.165, 1.54) is 4.63 Å². The van der Waals surface area contributed by atoms with Crippen molar-refractivity contribution in [3.05, 3.63) is 42.0 Å². The summed E-state index contributed by atoms with van der Waals surface area (Å²) in [7, 11) is 0. The number of hydrogen-bond donors (Lipinski definition) is 1. The smallest absolute Gasteiger partial charge is 0.200 e. The first-order valence-corrected chi connectivity index (χ1v) is 6.91. The molecule has 0 spiro atoms. The maximum Gasteiger partial charge on any atom is 0.200 e. The van der Waals surface area contributed by atoms with E-state index < -0.39 is 0 Å². The molecule has 0 bridgehead atoms. The minimum absolute atomic E-state index is 0.638. The van der Waals surface area contributed by atoms with Gasteiger partial charge in [-0.1, -0.05) is 19.1 Å². The zero-order valence-electron chi connectivity index (χ0n) is 11.8. The molecule has 0 unspecified atom stereocenters. The van der Waals surface area contributed by atoms with Crippen LogP contribution in [0.5, 0.6) is 0 Å². The number of benzene rings is 1. The highest BCUT2D eigenvalue weighted by atomic mass is 15.6. The normalized spacial score (nSPS) is 10.9. The highest BCUT2D eigenvalue weighted by molar-refractivity contribution is 5.46. The van der Waals surface area contributed by atoms with Gasteiger partial charge < -0.3 is 10.6 Å². The number of hydrogen-bond acceptors (Lipinski definition) is 6. The fourth-order valence-electron chi connectivity index (χ4n) is 2.27. The summed E-state index contributed by atoms with van der Waals surface area (Å²) >= 11 is 0. The SMILES string of the molecule is CCCN(Cc1cccc(N)c1)c1ccc2nnnn2n1. The Morgan fingerprint density at radius 2 is 2.14 bits per heavy atom. The standard InChI is InChI=1S/C14H17N7/c1-2-8-20(10-11-4-3-5-12(15)9-11)14-7-6-13-16-18-19-21(13)17-14/h3-7,9H,2,8,10,15H2,1H3. The second-order valence-corrected chi connectivity index (χ2v) is 4.88. The van der Waals surface area contributed by atoms with E-state index in [1.807, 2.05) is 30.3 Å². The molecule has 3 rings (SSSR count). The molecular weight excluding hydrogens is 266 g/mol. The van der Waals surface area contributed by atoms with Gasteiger partial charge in [-0.2, -0.15) is 0 Å². The van der Waals surface area contributed by atoms with E-state index in [0.29, 0.717) is 5.65 Å². The first kappa shape index (κ1) is 13.3. The molecule has 3 aromatic rings. The van der Waals surface area contributed by atoms with Crippen molar-refractivity contribution in [1.29, 1.82) is 0 Å². The molecule has 2 aromatic heterocycles. The van der Waals surface area contributed by atoms with Crippen LogP contribution in [0.4, 0.5) is 11.5 Å². The second kappa shape index (κ2) is 5.74. The fourth-order valence-corrected chi connectivity index (χ4v) is 2.27. The summed E-state index contributed by atoms with van der Waals surface area (Å²) in [6.07, 6.45) is 1.03. The average Bonchev–Trinajstić information content (AvgIpc) is 2.94. The molecule has 7 nitrogen and oxygen atoms in total. The van der Waals surface area contributed by atoms with Crippen molar-refractivity contribution in [2.75, 3.05) is 17.2 Å². The first-order chi connectivity index (χ1) is 10.3. The van der Waals surface area contributed by atoms with Crippen molar-refractivity contribution in [3.63, 3.8) is 0 Å². The average molecular weight is 283 g/mol. The minimum Gasteiger partial charge on any atom is -0.399 e. The van der Waals surface area contributed by atoms with Gasteiger partial charge in [0, 0.05) is 18.8 Å². The predicted octanol–water partition coefficient (Wildman–Crippen LogP) is 1.52. The quantitative estimate of drug-likeness (QED) is 0.714. The molecule has 0 aliphatic rings. The van der Waals surface area contributed by atoms with E-state index in [1.54, 1.807) is 0 Å². The lowest BCUT2D eigenvalue weighted by Gasteiger charge is -2.23.